The molecule has 0 saturated heterocycles. The van der Waals surface area contributed by atoms with Crippen molar-refractivity contribution in [2.24, 2.45) is 0 Å². The maximum atomic E-state index is 10.8. The average molecular weight is 255 g/mol. The van der Waals surface area contributed by atoms with Gasteiger partial charge in [-0.15, -0.1) is 0 Å². The fourth-order valence-electron chi connectivity index (χ4n) is 1.96. The summed E-state index contributed by atoms with van der Waals surface area (Å²) in [5, 5.41) is 0. The van der Waals surface area contributed by atoms with Gasteiger partial charge in [-0.05, 0) is 30.4 Å². The molecule has 0 radical (unpaired) electrons. The van der Waals surface area contributed by atoms with Crippen LogP contribution < -0.4 is 51.4 Å². The molecule has 0 bridgehead atoms. The van der Waals surface area contributed by atoms with E-state index in [9.17, 15) is 4.79 Å². The van der Waals surface area contributed by atoms with Crippen LogP contribution in [0.1, 0.15) is 35.7 Å². The minimum absolute atomic E-state index is 0. The summed E-state index contributed by atoms with van der Waals surface area (Å²) in [6.45, 7) is 1.84. The summed E-state index contributed by atoms with van der Waals surface area (Å²) in [5.41, 5.74) is 3.43. The van der Waals surface area contributed by atoms with Crippen molar-refractivity contribution in [2.45, 2.75) is 25.7 Å². The van der Waals surface area contributed by atoms with Gasteiger partial charge in [0.2, 0.25) is 0 Å². The van der Waals surface area contributed by atoms with Gasteiger partial charge in [0, 0.05) is 12.5 Å². The van der Waals surface area contributed by atoms with Gasteiger partial charge in [-0.2, -0.15) is 0 Å². The Bertz CT molecular complexity index is 547. The molecule has 17 heavy (non-hydrogen) atoms. The topological polar surface area (TPSA) is 64.4 Å². The van der Waals surface area contributed by atoms with E-state index in [0.717, 1.165) is 11.3 Å². The third kappa shape index (κ3) is 2.70. The first-order valence-electron chi connectivity index (χ1n) is 5.16. The molecule has 2 aromatic rings. The van der Waals surface area contributed by atoms with E-state index in [1.54, 1.807) is 0 Å². The van der Waals surface area contributed by atoms with E-state index in [0.29, 0.717) is 11.6 Å². The van der Waals surface area contributed by atoms with E-state index in [4.69, 9.17) is 0 Å². The van der Waals surface area contributed by atoms with Gasteiger partial charge in [0.15, 0.2) is 0 Å². The predicted octanol–water partition coefficient (Wildman–Crippen LogP) is -1.19. The maximum absolute atomic E-state index is 10.8. The van der Waals surface area contributed by atoms with Gasteiger partial charge < -0.3 is 19.7 Å². The van der Waals surface area contributed by atoms with Gasteiger partial charge in [-0.25, -0.2) is 0 Å². The molecule has 1 saturated carbocycles. The van der Waals surface area contributed by atoms with Crippen LogP contribution in [0, 0.1) is 6.92 Å². The van der Waals surface area contributed by atoms with Crippen LogP contribution in [-0.2, 0) is 4.79 Å². The second-order valence-electron chi connectivity index (χ2n) is 4.11. The molecule has 5 heteroatoms. The van der Waals surface area contributed by atoms with Crippen molar-refractivity contribution in [2.75, 3.05) is 0 Å². The summed E-state index contributed by atoms with van der Waals surface area (Å²) < 4.78 is 1.84. The molecule has 0 atom stereocenters. The molecule has 1 aliphatic rings. The standard InChI is InChI=1S/C12H11N2O.K.H2O/c1-8-11(7-15)14-6-10(9-2-3-9)4-5-12(14)13-8;;/h4-6,9H,2-3H2,1H3;;1H2/q-1;+1;/p-1. The van der Waals surface area contributed by atoms with Crippen LogP contribution in [-0.4, -0.2) is 21.1 Å². The van der Waals surface area contributed by atoms with Crippen LogP contribution in [0.15, 0.2) is 18.3 Å². The zero-order valence-electron chi connectivity index (χ0n) is 9.97. The van der Waals surface area contributed by atoms with E-state index < -0.39 is 0 Å². The number of imidazole rings is 1. The first kappa shape index (κ1) is 15.0. The third-order valence-corrected chi connectivity index (χ3v) is 2.96. The Morgan fingerprint density at radius 1 is 1.41 bits per heavy atom. The SMILES string of the molecule is Cc1nc2ccc(C3CC3)cn2c1[C-]=O.[K+].[OH-]. The Kier molecular flexibility index (Phi) is 5.06. The summed E-state index contributed by atoms with van der Waals surface area (Å²) in [4.78, 5) is 15.1. The first-order chi connectivity index (χ1) is 7.29. The molecule has 2 heterocycles. The van der Waals surface area contributed by atoms with Crippen molar-refractivity contribution in [3.8, 4) is 0 Å². The van der Waals surface area contributed by atoms with Gasteiger partial charge in [0.1, 0.15) is 5.65 Å². The molecule has 0 aromatic carbocycles. The number of aromatic nitrogens is 2. The van der Waals surface area contributed by atoms with E-state index in [1.807, 2.05) is 29.9 Å². The van der Waals surface area contributed by atoms with E-state index in [1.165, 1.54) is 18.4 Å². The Balaban J connectivity index is 0.000000722. The molecule has 0 spiro atoms. The van der Waals surface area contributed by atoms with Crippen molar-refractivity contribution in [3.05, 3.63) is 35.3 Å². The maximum Gasteiger partial charge on any atom is 1.00 e. The van der Waals surface area contributed by atoms with Gasteiger partial charge in [-0.1, -0.05) is 24.4 Å². The monoisotopic (exact) mass is 255 g/mol. The van der Waals surface area contributed by atoms with Crippen molar-refractivity contribution in [1.82, 2.24) is 9.38 Å². The number of hydrogen-bond donors (Lipinski definition) is 0. The van der Waals surface area contributed by atoms with Crippen LogP contribution in [0.2, 0.25) is 0 Å². The summed E-state index contributed by atoms with van der Waals surface area (Å²) in [5.74, 6) is 0.691. The Labute approximate surface area is 142 Å². The Morgan fingerprint density at radius 3 is 2.71 bits per heavy atom. The van der Waals surface area contributed by atoms with Gasteiger partial charge in [0.25, 0.3) is 0 Å². The fraction of sp³-hybridized carbons (Fsp3) is 0.333. The van der Waals surface area contributed by atoms with Crippen molar-refractivity contribution in [1.29, 1.82) is 0 Å². The minimum atomic E-state index is 0. The predicted molar refractivity (Wildman–Crippen MR) is 58.6 cm³/mol. The van der Waals surface area contributed by atoms with Crippen LogP contribution >= 0.6 is 0 Å². The van der Waals surface area contributed by atoms with Crippen LogP contribution in [0.25, 0.3) is 5.65 Å². The van der Waals surface area contributed by atoms with Crippen molar-refractivity contribution >= 4 is 11.9 Å². The molecule has 4 nitrogen and oxygen atoms in total. The average Bonchev–Trinajstić information content (AvgIpc) is 3.01. The number of rotatable bonds is 2. The molecule has 1 N–H and O–H groups in total. The molecular weight excluding hydrogens is 243 g/mol. The molecule has 0 aliphatic heterocycles. The first-order valence-corrected chi connectivity index (χ1v) is 5.16. The largest absolute Gasteiger partial charge is 1.00 e. The molecule has 1 aliphatic carbocycles. The molecule has 84 valence electrons. The zero-order chi connectivity index (χ0) is 10.4. The summed E-state index contributed by atoms with van der Waals surface area (Å²) in [6.07, 6.45) is 6.50. The van der Waals surface area contributed by atoms with Gasteiger partial charge in [-0.3, -0.25) is 0 Å². The van der Waals surface area contributed by atoms with Crippen LogP contribution in [0.5, 0.6) is 0 Å². The van der Waals surface area contributed by atoms with Gasteiger partial charge in [0.05, 0.1) is 0 Å². The number of fused-ring (bicyclic) bond motifs is 1. The van der Waals surface area contributed by atoms with E-state index in [-0.39, 0.29) is 56.9 Å². The number of carbonyl (C=O) groups excluding carboxylic acids is 1. The van der Waals surface area contributed by atoms with E-state index in [2.05, 4.69) is 11.1 Å². The minimum Gasteiger partial charge on any atom is -0.870 e. The Hall–Kier alpha value is -0.0436. The molecule has 2 aromatic heterocycles. The summed E-state index contributed by atoms with van der Waals surface area (Å²) >= 11 is 0. The van der Waals surface area contributed by atoms with E-state index >= 15 is 0 Å². The number of hydrogen-bond acceptors (Lipinski definition) is 3. The summed E-state index contributed by atoms with van der Waals surface area (Å²) in [6, 6.07) is 4.08. The zero-order valence-corrected chi connectivity index (χ0v) is 13.1. The Morgan fingerprint density at radius 2 is 2.12 bits per heavy atom. The number of nitrogens with zero attached hydrogens (tertiary/aromatic N) is 2. The van der Waals surface area contributed by atoms with Crippen LogP contribution in [0.3, 0.4) is 0 Å². The van der Waals surface area contributed by atoms with Gasteiger partial charge >= 0.3 is 51.4 Å². The molecular formula is C12H12KN2O2-. The normalized spacial score (nSPS) is 13.9. The second-order valence-corrected chi connectivity index (χ2v) is 4.11. The molecule has 0 unspecified atom stereocenters. The van der Waals surface area contributed by atoms with Crippen LogP contribution in [0.4, 0.5) is 0 Å². The van der Waals surface area contributed by atoms with Crippen molar-refractivity contribution in [3.63, 3.8) is 0 Å². The smallest absolute Gasteiger partial charge is 0.870 e. The quantitative estimate of drug-likeness (QED) is 0.500. The molecule has 1 fully saturated rings. The molecule has 3 rings (SSSR count). The number of pyridine rings is 1. The fourth-order valence-corrected chi connectivity index (χ4v) is 1.96. The second kappa shape index (κ2) is 5.73. The number of aryl methyl sites for hydroxylation is 1. The summed E-state index contributed by atoms with van der Waals surface area (Å²) in [7, 11) is 0. The molecule has 0 amide bonds. The van der Waals surface area contributed by atoms with Crippen molar-refractivity contribution < 1.29 is 61.7 Å². The third-order valence-electron chi connectivity index (χ3n) is 2.96.